The van der Waals surface area contributed by atoms with Gasteiger partial charge in [0.15, 0.2) is 11.5 Å². The molecule has 1 amide bonds. The van der Waals surface area contributed by atoms with Gasteiger partial charge >= 0.3 is 12.1 Å². The number of aliphatic carboxylic acids is 1. The molecule has 2 aromatic rings. The number of nitrogens with one attached hydrogen (secondary N) is 1. The zero-order valence-corrected chi connectivity index (χ0v) is 17.9. The number of anilines is 2. The highest BCUT2D eigenvalue weighted by Crippen LogP contribution is 2.33. The summed E-state index contributed by atoms with van der Waals surface area (Å²) in [5, 5.41) is 10.9. The molecular weight excluding hydrogens is 435 g/mol. The van der Waals surface area contributed by atoms with Gasteiger partial charge < -0.3 is 30.5 Å². The molecule has 1 aliphatic rings. The minimum Gasteiger partial charge on any atom is -0.493 e. The van der Waals surface area contributed by atoms with Crippen LogP contribution in [0, 0.1) is 0 Å². The first-order valence-corrected chi connectivity index (χ1v) is 9.45. The molecule has 2 heterocycles. The number of likely N-dealkylation sites (tertiary alicyclic amines) is 1. The minimum atomic E-state index is -5.08. The van der Waals surface area contributed by atoms with Crippen LogP contribution in [-0.4, -0.2) is 70.9 Å². The molecule has 1 aromatic carbocycles. The zero-order valence-electron chi connectivity index (χ0n) is 17.9. The first kappa shape index (κ1) is 24.8. The number of nitrogens with two attached hydrogens (primary N) is 1. The SMILES string of the molecule is COc1cc2nc(NC3CCN(C(C)C)C3=O)nc(N)c2cc1OC.O=C(O)C(F)(F)F. The van der Waals surface area contributed by atoms with Crippen molar-refractivity contribution in [3.63, 3.8) is 0 Å². The van der Waals surface area contributed by atoms with E-state index in [9.17, 15) is 18.0 Å². The van der Waals surface area contributed by atoms with Crippen LogP contribution in [0.4, 0.5) is 24.9 Å². The largest absolute Gasteiger partial charge is 0.493 e. The number of methoxy groups -OCH3 is 2. The van der Waals surface area contributed by atoms with Gasteiger partial charge in [0.1, 0.15) is 11.9 Å². The number of carboxylic acid groups (broad SMARTS) is 1. The van der Waals surface area contributed by atoms with E-state index in [1.165, 1.54) is 0 Å². The van der Waals surface area contributed by atoms with E-state index in [0.717, 1.165) is 6.54 Å². The minimum absolute atomic E-state index is 0.0598. The van der Waals surface area contributed by atoms with Crippen molar-refractivity contribution >= 4 is 34.5 Å². The van der Waals surface area contributed by atoms with E-state index in [4.69, 9.17) is 25.1 Å². The summed E-state index contributed by atoms with van der Waals surface area (Å²) in [4.78, 5) is 31.9. The van der Waals surface area contributed by atoms with Crippen LogP contribution < -0.4 is 20.5 Å². The lowest BCUT2D eigenvalue weighted by atomic mass is 10.2. The monoisotopic (exact) mass is 459 g/mol. The standard InChI is InChI=1S/C17H23N5O3.C2HF3O2/c1-9(2)22-6-5-11(16(22)23)19-17-20-12-8-14(25-4)13(24-3)7-10(12)15(18)21-17;3-2(4,5)1(6)7/h7-9,11H,5-6H2,1-4H3,(H3,18,19,20,21);(H,6,7). The van der Waals surface area contributed by atoms with Gasteiger partial charge in [0.25, 0.3) is 0 Å². The molecule has 1 saturated heterocycles. The van der Waals surface area contributed by atoms with Gasteiger partial charge in [-0.05, 0) is 26.3 Å². The van der Waals surface area contributed by atoms with E-state index in [1.807, 2.05) is 18.7 Å². The summed E-state index contributed by atoms with van der Waals surface area (Å²) in [7, 11) is 3.12. The van der Waals surface area contributed by atoms with E-state index >= 15 is 0 Å². The van der Waals surface area contributed by atoms with Gasteiger partial charge in [-0.15, -0.1) is 0 Å². The van der Waals surface area contributed by atoms with Crippen molar-refractivity contribution in [1.29, 1.82) is 0 Å². The van der Waals surface area contributed by atoms with Crippen molar-refractivity contribution in [3.8, 4) is 11.5 Å². The van der Waals surface area contributed by atoms with E-state index in [1.54, 1.807) is 26.4 Å². The van der Waals surface area contributed by atoms with Crippen LogP contribution in [0.5, 0.6) is 11.5 Å². The Kier molecular flexibility index (Phi) is 7.54. The maximum absolute atomic E-state index is 12.4. The summed E-state index contributed by atoms with van der Waals surface area (Å²) in [6.07, 6.45) is -4.37. The third-order valence-corrected chi connectivity index (χ3v) is 4.64. The summed E-state index contributed by atoms with van der Waals surface area (Å²) < 4.78 is 42.3. The molecule has 3 rings (SSSR count). The number of amides is 1. The zero-order chi connectivity index (χ0) is 24.2. The summed E-state index contributed by atoms with van der Waals surface area (Å²) in [5.74, 6) is -0.926. The van der Waals surface area contributed by atoms with Crippen LogP contribution >= 0.6 is 0 Å². The van der Waals surface area contributed by atoms with Gasteiger partial charge in [-0.25, -0.2) is 9.78 Å². The summed E-state index contributed by atoms with van der Waals surface area (Å²) >= 11 is 0. The van der Waals surface area contributed by atoms with Crippen LogP contribution in [0.1, 0.15) is 20.3 Å². The summed E-state index contributed by atoms with van der Waals surface area (Å²) in [6.45, 7) is 4.73. The average Bonchev–Trinajstić information content (AvgIpc) is 3.07. The number of rotatable bonds is 5. The Morgan fingerprint density at radius 3 is 2.28 bits per heavy atom. The Labute approximate surface area is 181 Å². The number of carboxylic acids is 1. The fourth-order valence-electron chi connectivity index (χ4n) is 3.05. The van der Waals surface area contributed by atoms with Crippen molar-refractivity contribution in [1.82, 2.24) is 14.9 Å². The van der Waals surface area contributed by atoms with E-state index in [0.29, 0.717) is 40.6 Å². The Bertz CT molecular complexity index is 999. The molecule has 1 aromatic heterocycles. The number of nitrogen functional groups attached to an aromatic ring is 1. The smallest absolute Gasteiger partial charge is 0.490 e. The van der Waals surface area contributed by atoms with Crippen LogP contribution in [0.3, 0.4) is 0 Å². The number of hydrogen-bond acceptors (Lipinski definition) is 8. The number of aromatic nitrogens is 2. The Morgan fingerprint density at radius 1 is 1.25 bits per heavy atom. The maximum Gasteiger partial charge on any atom is 0.490 e. The molecule has 0 spiro atoms. The van der Waals surface area contributed by atoms with Gasteiger partial charge in [0.2, 0.25) is 11.9 Å². The van der Waals surface area contributed by atoms with E-state index in [2.05, 4.69) is 15.3 Å². The normalized spacial score (nSPS) is 16.1. The molecule has 1 aliphatic heterocycles. The molecular formula is C19H24F3N5O5. The van der Waals surface area contributed by atoms with Crippen molar-refractivity contribution in [2.24, 2.45) is 0 Å². The van der Waals surface area contributed by atoms with Gasteiger partial charge in [-0.1, -0.05) is 0 Å². The second-order valence-electron chi connectivity index (χ2n) is 7.07. The molecule has 1 fully saturated rings. The molecule has 32 heavy (non-hydrogen) atoms. The maximum atomic E-state index is 12.4. The fourth-order valence-corrected chi connectivity index (χ4v) is 3.05. The Balaban J connectivity index is 0.000000451. The first-order valence-electron chi connectivity index (χ1n) is 9.45. The Hall–Kier alpha value is -3.51. The average molecular weight is 459 g/mol. The van der Waals surface area contributed by atoms with Gasteiger partial charge in [-0.2, -0.15) is 18.2 Å². The molecule has 10 nitrogen and oxygen atoms in total. The van der Waals surface area contributed by atoms with Crippen molar-refractivity contribution in [3.05, 3.63) is 12.1 Å². The number of hydrogen-bond donors (Lipinski definition) is 3. The highest BCUT2D eigenvalue weighted by atomic mass is 19.4. The number of carbonyl (C=O) groups excluding carboxylic acids is 1. The first-order chi connectivity index (χ1) is 14.9. The predicted molar refractivity (Wildman–Crippen MR) is 110 cm³/mol. The second kappa shape index (κ2) is 9.75. The number of carbonyl (C=O) groups is 2. The van der Waals surface area contributed by atoms with Gasteiger partial charge in [0.05, 0.1) is 19.7 Å². The lowest BCUT2D eigenvalue weighted by Crippen LogP contribution is -2.37. The molecule has 0 aliphatic carbocycles. The molecule has 0 saturated carbocycles. The van der Waals surface area contributed by atoms with E-state index < -0.39 is 12.1 Å². The van der Waals surface area contributed by atoms with Crippen molar-refractivity contribution in [2.75, 3.05) is 31.8 Å². The number of halogens is 3. The lowest BCUT2D eigenvalue weighted by molar-refractivity contribution is -0.192. The molecule has 1 atom stereocenters. The second-order valence-corrected chi connectivity index (χ2v) is 7.07. The van der Waals surface area contributed by atoms with Crippen LogP contribution in [0.15, 0.2) is 12.1 Å². The quantitative estimate of drug-likeness (QED) is 0.614. The molecule has 4 N–H and O–H groups in total. The predicted octanol–water partition coefficient (Wildman–Crippen LogP) is 2.28. The summed E-state index contributed by atoms with van der Waals surface area (Å²) in [5.41, 5.74) is 6.70. The number of ether oxygens (including phenoxy) is 2. The summed E-state index contributed by atoms with van der Waals surface area (Å²) in [6, 6.07) is 3.33. The number of alkyl halides is 3. The van der Waals surface area contributed by atoms with Gasteiger partial charge in [-0.3, -0.25) is 4.79 Å². The molecule has 1 unspecified atom stereocenters. The molecule has 13 heteroatoms. The molecule has 0 radical (unpaired) electrons. The third-order valence-electron chi connectivity index (χ3n) is 4.64. The van der Waals surface area contributed by atoms with Gasteiger partial charge in [0, 0.05) is 24.0 Å². The fraction of sp³-hybridized carbons (Fsp3) is 0.474. The lowest BCUT2D eigenvalue weighted by Gasteiger charge is -2.21. The van der Waals surface area contributed by atoms with Crippen LogP contribution in [0.2, 0.25) is 0 Å². The topological polar surface area (TPSA) is 140 Å². The number of fused-ring (bicyclic) bond motifs is 1. The molecule has 176 valence electrons. The highest BCUT2D eigenvalue weighted by Gasteiger charge is 2.38. The third kappa shape index (κ3) is 5.59. The molecule has 0 bridgehead atoms. The van der Waals surface area contributed by atoms with E-state index in [-0.39, 0.29) is 18.0 Å². The number of benzene rings is 1. The van der Waals surface area contributed by atoms with Crippen molar-refractivity contribution < 1.29 is 37.3 Å². The van der Waals surface area contributed by atoms with Crippen LogP contribution in [-0.2, 0) is 9.59 Å². The number of nitrogens with zero attached hydrogens (tertiary/aromatic N) is 3. The Morgan fingerprint density at radius 2 is 1.81 bits per heavy atom. The van der Waals surface area contributed by atoms with Crippen molar-refractivity contribution in [2.45, 2.75) is 38.5 Å². The highest BCUT2D eigenvalue weighted by molar-refractivity contribution is 5.92. The van der Waals surface area contributed by atoms with Crippen LogP contribution in [0.25, 0.3) is 10.9 Å².